The Morgan fingerprint density at radius 1 is 0.258 bits per heavy atom. The molecule has 0 amide bonds. The molecule has 5 heteroatoms. The van der Waals surface area contributed by atoms with Gasteiger partial charge in [-0.05, 0) is 87.5 Å². The highest BCUT2D eigenvalue weighted by Crippen LogP contribution is 2.41. The van der Waals surface area contributed by atoms with E-state index in [0.29, 0.717) is 17.5 Å². The second-order valence-electron chi connectivity index (χ2n) is 15.6. The Morgan fingerprint density at radius 2 is 0.758 bits per heavy atom. The number of nitrogens with zero attached hydrogens (tertiary/aromatic N) is 3. The Hall–Kier alpha value is -8.41. The molecule has 12 aromatic rings. The maximum atomic E-state index is 6.61. The van der Waals surface area contributed by atoms with Gasteiger partial charge in [-0.25, -0.2) is 15.0 Å². The molecule has 0 N–H and O–H groups in total. The minimum atomic E-state index is 0.558. The van der Waals surface area contributed by atoms with E-state index in [1.807, 2.05) is 66.7 Å². The first-order chi connectivity index (χ1) is 30.7. The van der Waals surface area contributed by atoms with Crippen LogP contribution in [0.5, 0.6) is 0 Å². The van der Waals surface area contributed by atoms with Crippen molar-refractivity contribution < 1.29 is 8.83 Å². The van der Waals surface area contributed by atoms with E-state index >= 15 is 0 Å². The fourth-order valence-corrected chi connectivity index (χ4v) is 8.73. The van der Waals surface area contributed by atoms with Gasteiger partial charge in [0.05, 0.1) is 0 Å². The van der Waals surface area contributed by atoms with Gasteiger partial charge >= 0.3 is 0 Å². The van der Waals surface area contributed by atoms with Gasteiger partial charge in [0.2, 0.25) is 0 Å². The van der Waals surface area contributed by atoms with Crippen molar-refractivity contribution in [1.82, 2.24) is 15.0 Å². The van der Waals surface area contributed by atoms with Crippen LogP contribution in [0, 0.1) is 0 Å². The molecule has 0 saturated carbocycles. The smallest absolute Gasteiger partial charge is 0.164 e. The van der Waals surface area contributed by atoms with Crippen molar-refractivity contribution in [1.29, 1.82) is 0 Å². The van der Waals surface area contributed by atoms with Crippen LogP contribution in [0.3, 0.4) is 0 Å². The minimum absolute atomic E-state index is 0.558. The molecule has 0 spiro atoms. The lowest BCUT2D eigenvalue weighted by Gasteiger charge is -2.13. The molecule has 0 atom stereocenters. The van der Waals surface area contributed by atoms with Crippen molar-refractivity contribution in [3.8, 4) is 78.7 Å². The molecule has 0 unspecified atom stereocenters. The topological polar surface area (TPSA) is 65.0 Å². The summed E-state index contributed by atoms with van der Waals surface area (Å²) in [7, 11) is 0. The monoisotopic (exact) mass is 793 g/mol. The summed E-state index contributed by atoms with van der Waals surface area (Å²) in [4.78, 5) is 15.8. The lowest BCUT2D eigenvalue weighted by molar-refractivity contribution is 0.669. The highest BCUT2D eigenvalue weighted by atomic mass is 16.3. The number of furan rings is 2. The molecule has 0 saturated heterocycles. The first-order valence-corrected chi connectivity index (χ1v) is 20.7. The lowest BCUT2D eigenvalue weighted by atomic mass is 9.93. The molecule has 3 aromatic heterocycles. The van der Waals surface area contributed by atoms with E-state index in [1.165, 1.54) is 0 Å². The van der Waals surface area contributed by atoms with E-state index in [1.54, 1.807) is 0 Å². The van der Waals surface area contributed by atoms with Gasteiger partial charge in [0, 0.05) is 43.8 Å². The lowest BCUT2D eigenvalue weighted by Crippen LogP contribution is -2.01. The quantitative estimate of drug-likeness (QED) is 0.161. The molecule has 0 fully saturated rings. The molecule has 62 heavy (non-hydrogen) atoms. The van der Waals surface area contributed by atoms with Crippen molar-refractivity contribution in [3.05, 3.63) is 212 Å². The van der Waals surface area contributed by atoms with Crippen molar-refractivity contribution in [2.45, 2.75) is 0 Å². The summed E-state index contributed by atoms with van der Waals surface area (Å²) in [6.45, 7) is 0. The van der Waals surface area contributed by atoms with Gasteiger partial charge in [0.15, 0.2) is 17.5 Å². The van der Waals surface area contributed by atoms with Gasteiger partial charge in [-0.3, -0.25) is 0 Å². The standard InChI is InChI=1S/C57H35N3O2/c1-4-15-36(16-5-1)39-21-12-22-40(31-39)42-32-43(45-24-13-25-47-46-23-10-11-27-50(46)62-54(45)47)34-44(33-42)56-58-55(38-19-8-3-9-20-38)59-57(60-56)48-26-14-28-52-53(48)49-35-41(29-30-51(49)61-52)37-17-6-2-7-18-37/h1-35H. The molecule has 3 heterocycles. The van der Waals surface area contributed by atoms with E-state index in [-0.39, 0.29) is 0 Å². The third-order valence-electron chi connectivity index (χ3n) is 11.7. The van der Waals surface area contributed by atoms with Crippen molar-refractivity contribution in [3.63, 3.8) is 0 Å². The number of fused-ring (bicyclic) bond motifs is 6. The normalized spacial score (nSPS) is 11.5. The molecule has 0 aliphatic rings. The van der Waals surface area contributed by atoms with Gasteiger partial charge in [0.25, 0.3) is 0 Å². The minimum Gasteiger partial charge on any atom is -0.456 e. The summed E-state index contributed by atoms with van der Waals surface area (Å²) in [6, 6.07) is 73.4. The number of hydrogen-bond acceptors (Lipinski definition) is 5. The number of hydrogen-bond donors (Lipinski definition) is 0. The third kappa shape index (κ3) is 6.23. The van der Waals surface area contributed by atoms with Crippen LogP contribution >= 0.6 is 0 Å². The van der Waals surface area contributed by atoms with Crippen molar-refractivity contribution >= 4 is 43.9 Å². The summed E-state index contributed by atoms with van der Waals surface area (Å²) >= 11 is 0. The van der Waals surface area contributed by atoms with Crippen LogP contribution in [-0.4, -0.2) is 15.0 Å². The van der Waals surface area contributed by atoms with Gasteiger partial charge in [-0.15, -0.1) is 0 Å². The molecule has 0 bridgehead atoms. The zero-order valence-electron chi connectivity index (χ0n) is 33.4. The summed E-state index contributed by atoms with van der Waals surface area (Å²) in [5.74, 6) is 1.70. The second-order valence-corrected chi connectivity index (χ2v) is 15.6. The molecular weight excluding hydrogens is 759 g/mol. The maximum Gasteiger partial charge on any atom is 0.164 e. The van der Waals surface area contributed by atoms with E-state index in [0.717, 1.165) is 105 Å². The molecule has 0 aliphatic heterocycles. The Labute approximate surface area is 357 Å². The van der Waals surface area contributed by atoms with Crippen LogP contribution in [0.1, 0.15) is 0 Å². The van der Waals surface area contributed by atoms with Gasteiger partial charge in [-0.2, -0.15) is 0 Å². The summed E-state index contributed by atoms with van der Waals surface area (Å²) < 4.78 is 13.1. The highest BCUT2D eigenvalue weighted by Gasteiger charge is 2.20. The van der Waals surface area contributed by atoms with E-state index in [2.05, 4.69) is 146 Å². The Bertz CT molecular complexity index is 3630. The zero-order valence-corrected chi connectivity index (χ0v) is 33.4. The maximum absolute atomic E-state index is 6.61. The molecule has 5 nitrogen and oxygen atoms in total. The first-order valence-electron chi connectivity index (χ1n) is 20.7. The average molecular weight is 794 g/mol. The molecule has 12 rings (SSSR count). The van der Waals surface area contributed by atoms with Crippen molar-refractivity contribution in [2.24, 2.45) is 0 Å². The predicted molar refractivity (Wildman–Crippen MR) is 252 cm³/mol. The van der Waals surface area contributed by atoms with Crippen molar-refractivity contribution in [2.75, 3.05) is 0 Å². The van der Waals surface area contributed by atoms with Gasteiger partial charge in [-0.1, -0.05) is 164 Å². The first kappa shape index (κ1) is 35.5. The van der Waals surface area contributed by atoms with Crippen LogP contribution in [0.15, 0.2) is 221 Å². The van der Waals surface area contributed by atoms with Crippen LogP contribution in [0.2, 0.25) is 0 Å². The van der Waals surface area contributed by atoms with E-state index in [9.17, 15) is 0 Å². The fourth-order valence-electron chi connectivity index (χ4n) is 8.73. The summed E-state index contributed by atoms with van der Waals surface area (Å²) in [6.07, 6.45) is 0. The Morgan fingerprint density at radius 3 is 1.53 bits per heavy atom. The van der Waals surface area contributed by atoms with E-state index in [4.69, 9.17) is 23.8 Å². The summed E-state index contributed by atoms with van der Waals surface area (Å²) in [5.41, 5.74) is 14.5. The largest absolute Gasteiger partial charge is 0.456 e. The van der Waals surface area contributed by atoms with Gasteiger partial charge < -0.3 is 8.83 Å². The number of para-hydroxylation sites is 2. The Balaban J connectivity index is 1.10. The van der Waals surface area contributed by atoms with Crippen LogP contribution < -0.4 is 0 Å². The molecule has 9 aromatic carbocycles. The number of aromatic nitrogens is 3. The predicted octanol–water partition coefficient (Wildman–Crippen LogP) is 15.3. The Kier molecular flexibility index (Phi) is 8.42. The highest BCUT2D eigenvalue weighted by molar-refractivity contribution is 6.13. The van der Waals surface area contributed by atoms with E-state index < -0.39 is 0 Å². The fraction of sp³-hybridized carbons (Fsp3) is 0. The van der Waals surface area contributed by atoms with Crippen LogP contribution in [0.25, 0.3) is 123 Å². The SMILES string of the molecule is c1ccc(-c2cccc(-c3cc(-c4nc(-c5ccccc5)nc(-c5cccc6oc7ccc(-c8ccccc8)cc7c56)n4)cc(-c4cccc5c4oc4ccccc45)c3)c2)cc1. The zero-order chi connectivity index (χ0) is 41.0. The average Bonchev–Trinajstić information content (AvgIpc) is 3.93. The third-order valence-corrected chi connectivity index (χ3v) is 11.7. The molecule has 0 radical (unpaired) electrons. The second kappa shape index (κ2) is 14.7. The number of benzene rings is 9. The van der Waals surface area contributed by atoms with Gasteiger partial charge in [0.1, 0.15) is 22.3 Å². The number of rotatable bonds is 7. The van der Waals surface area contributed by atoms with Crippen LogP contribution in [-0.2, 0) is 0 Å². The molecular formula is C57H35N3O2. The van der Waals surface area contributed by atoms with Crippen LogP contribution in [0.4, 0.5) is 0 Å². The molecule has 0 aliphatic carbocycles. The summed E-state index contributed by atoms with van der Waals surface area (Å²) in [5, 5.41) is 4.12. The molecule has 290 valence electrons.